The van der Waals surface area contributed by atoms with E-state index in [0.717, 1.165) is 12.3 Å². The Balaban J connectivity index is 2.04. The van der Waals surface area contributed by atoms with Crippen LogP contribution in [-0.2, 0) is 0 Å². The van der Waals surface area contributed by atoms with Crippen LogP contribution in [0.1, 0.15) is 26.2 Å². The number of rotatable bonds is 0. The maximum absolute atomic E-state index is 12.9. The molecule has 0 N–H and O–H groups in total. The van der Waals surface area contributed by atoms with Gasteiger partial charge in [-0.3, -0.25) is 0 Å². The monoisotopic (exact) mass is 128 g/mol. The first kappa shape index (κ1) is 5.70. The minimum atomic E-state index is -0.454. The molecule has 52 valence electrons. The molecule has 0 unspecified atom stereocenters. The van der Waals surface area contributed by atoms with Crippen molar-refractivity contribution in [1.82, 2.24) is 0 Å². The van der Waals surface area contributed by atoms with Crippen LogP contribution in [0.2, 0.25) is 0 Å². The normalized spacial score (nSPS) is 56.7. The molecule has 0 nitrogen and oxygen atoms in total. The number of hydrogen-bond donors (Lipinski definition) is 0. The lowest BCUT2D eigenvalue weighted by Crippen LogP contribution is -2.42. The van der Waals surface area contributed by atoms with Gasteiger partial charge in [-0.1, -0.05) is 6.92 Å². The van der Waals surface area contributed by atoms with Gasteiger partial charge in [0, 0.05) is 0 Å². The van der Waals surface area contributed by atoms with Crippen LogP contribution in [0.4, 0.5) is 4.39 Å². The summed E-state index contributed by atoms with van der Waals surface area (Å²) in [5.41, 5.74) is 0. The second-order valence-electron chi connectivity index (χ2n) is 3.72. The zero-order valence-electron chi connectivity index (χ0n) is 5.81. The largest absolute Gasteiger partial charge is 0.247 e. The van der Waals surface area contributed by atoms with Crippen molar-refractivity contribution in [2.45, 2.75) is 32.4 Å². The van der Waals surface area contributed by atoms with Gasteiger partial charge < -0.3 is 0 Å². The molecule has 0 aromatic carbocycles. The Hall–Kier alpha value is -0.0700. The molecule has 3 aliphatic carbocycles. The number of halogens is 1. The molecule has 3 saturated carbocycles. The highest BCUT2D eigenvalue weighted by atomic mass is 19.1. The topological polar surface area (TPSA) is 0 Å². The Kier molecular flexibility index (Phi) is 1.08. The molecule has 0 amide bonds. The third kappa shape index (κ3) is 0.702. The zero-order chi connectivity index (χ0) is 6.43. The van der Waals surface area contributed by atoms with E-state index in [1.54, 1.807) is 0 Å². The zero-order valence-corrected chi connectivity index (χ0v) is 5.81. The molecule has 0 aliphatic heterocycles. The minimum Gasteiger partial charge on any atom is -0.247 e. The predicted molar refractivity (Wildman–Crippen MR) is 34.9 cm³/mol. The molecule has 0 radical (unpaired) electrons. The summed E-state index contributed by atoms with van der Waals surface area (Å²) in [6.45, 7) is 2.19. The van der Waals surface area contributed by atoms with E-state index in [1.807, 2.05) is 0 Å². The van der Waals surface area contributed by atoms with Gasteiger partial charge in [0.15, 0.2) is 0 Å². The van der Waals surface area contributed by atoms with Crippen molar-refractivity contribution in [2.24, 2.45) is 17.8 Å². The average molecular weight is 128 g/mol. The Morgan fingerprint density at radius 2 is 1.78 bits per heavy atom. The van der Waals surface area contributed by atoms with Crippen molar-refractivity contribution >= 4 is 0 Å². The Labute approximate surface area is 55.4 Å². The fourth-order valence-corrected chi connectivity index (χ4v) is 2.21. The summed E-state index contributed by atoms with van der Waals surface area (Å²) in [7, 11) is 0. The van der Waals surface area contributed by atoms with Crippen molar-refractivity contribution < 1.29 is 4.39 Å². The molecule has 0 saturated heterocycles. The lowest BCUT2D eigenvalue weighted by atomic mass is 9.60. The fraction of sp³-hybridized carbons (Fsp3) is 1.00. The smallest absolute Gasteiger partial charge is 0.103 e. The lowest BCUT2D eigenvalue weighted by molar-refractivity contribution is -0.0163. The van der Waals surface area contributed by atoms with E-state index in [2.05, 4.69) is 6.92 Å². The first-order chi connectivity index (χ1) is 4.27. The maximum atomic E-state index is 12.9. The van der Waals surface area contributed by atoms with Crippen LogP contribution < -0.4 is 0 Å². The van der Waals surface area contributed by atoms with Gasteiger partial charge in [0.2, 0.25) is 0 Å². The van der Waals surface area contributed by atoms with E-state index in [-0.39, 0.29) is 0 Å². The average Bonchev–Trinajstić information content (AvgIpc) is 1.57. The molecule has 2 atom stereocenters. The highest BCUT2D eigenvalue weighted by molar-refractivity contribution is 4.93. The summed E-state index contributed by atoms with van der Waals surface area (Å²) in [4.78, 5) is 0. The van der Waals surface area contributed by atoms with Crippen molar-refractivity contribution in [3.8, 4) is 0 Å². The second kappa shape index (κ2) is 1.71. The predicted octanol–water partition coefficient (Wildman–Crippen LogP) is 2.39. The van der Waals surface area contributed by atoms with Gasteiger partial charge in [0.1, 0.15) is 6.17 Å². The summed E-state index contributed by atoms with van der Waals surface area (Å²) in [6.07, 6.45) is 2.75. The van der Waals surface area contributed by atoms with Crippen molar-refractivity contribution in [1.29, 1.82) is 0 Å². The number of hydrogen-bond acceptors (Lipinski definition) is 0. The molecule has 9 heavy (non-hydrogen) atoms. The third-order valence-electron chi connectivity index (χ3n) is 3.12. The third-order valence-corrected chi connectivity index (χ3v) is 3.12. The quantitative estimate of drug-likeness (QED) is 0.470. The lowest BCUT2D eigenvalue weighted by Gasteiger charge is -2.47. The van der Waals surface area contributed by atoms with Crippen molar-refractivity contribution in [3.05, 3.63) is 0 Å². The van der Waals surface area contributed by atoms with Crippen LogP contribution in [0.15, 0.2) is 0 Å². The van der Waals surface area contributed by atoms with Crippen molar-refractivity contribution in [2.75, 3.05) is 0 Å². The molecular formula is C8H13F. The summed E-state index contributed by atoms with van der Waals surface area (Å²) in [6, 6.07) is 0. The molecule has 0 aromatic heterocycles. The Morgan fingerprint density at radius 1 is 1.11 bits per heavy atom. The van der Waals surface area contributed by atoms with Gasteiger partial charge in [0.25, 0.3) is 0 Å². The van der Waals surface area contributed by atoms with Crippen molar-refractivity contribution in [3.63, 3.8) is 0 Å². The summed E-state index contributed by atoms with van der Waals surface area (Å²) in [5, 5.41) is 0. The first-order valence-electron chi connectivity index (χ1n) is 3.91. The Morgan fingerprint density at radius 3 is 2.11 bits per heavy atom. The van der Waals surface area contributed by atoms with Crippen LogP contribution in [0, 0.1) is 17.8 Å². The van der Waals surface area contributed by atoms with E-state index < -0.39 is 6.17 Å². The fourth-order valence-electron chi connectivity index (χ4n) is 2.21. The van der Waals surface area contributed by atoms with Gasteiger partial charge >= 0.3 is 0 Å². The molecule has 0 spiro atoms. The van der Waals surface area contributed by atoms with E-state index in [9.17, 15) is 4.39 Å². The molecule has 1 heteroatoms. The standard InChI is InChI=1S/C8H13F/c1-5-2-8(9)7-3-6(5)4-7/h5-8H,2-4H2,1H3/t5-,6?,7?,8+/m1/s1. The molecule has 0 heterocycles. The van der Waals surface area contributed by atoms with Crippen LogP contribution in [-0.4, -0.2) is 6.17 Å². The summed E-state index contributed by atoms with van der Waals surface area (Å²) >= 11 is 0. The van der Waals surface area contributed by atoms with Gasteiger partial charge in [0.05, 0.1) is 0 Å². The van der Waals surface area contributed by atoms with Gasteiger partial charge in [-0.2, -0.15) is 0 Å². The van der Waals surface area contributed by atoms with Crippen LogP contribution in [0.5, 0.6) is 0 Å². The van der Waals surface area contributed by atoms with Gasteiger partial charge in [-0.05, 0) is 37.0 Å². The highest BCUT2D eigenvalue weighted by Crippen LogP contribution is 2.49. The van der Waals surface area contributed by atoms with Crippen LogP contribution >= 0.6 is 0 Å². The summed E-state index contributed by atoms with van der Waals surface area (Å²) in [5.74, 6) is 2.03. The highest BCUT2D eigenvalue weighted by Gasteiger charge is 2.44. The molecule has 3 aliphatic rings. The van der Waals surface area contributed by atoms with E-state index >= 15 is 0 Å². The molecule has 0 aromatic rings. The van der Waals surface area contributed by atoms with Gasteiger partial charge in [-0.25, -0.2) is 4.39 Å². The minimum absolute atomic E-state index is 0.454. The molecule has 2 bridgehead atoms. The number of fused-ring (bicyclic) bond motifs is 2. The molecule has 3 fully saturated rings. The van der Waals surface area contributed by atoms with Gasteiger partial charge in [-0.15, -0.1) is 0 Å². The molecular weight excluding hydrogens is 115 g/mol. The van der Waals surface area contributed by atoms with Crippen LogP contribution in [0.25, 0.3) is 0 Å². The number of alkyl halides is 1. The maximum Gasteiger partial charge on any atom is 0.103 e. The molecule has 3 rings (SSSR count). The first-order valence-corrected chi connectivity index (χ1v) is 3.91. The van der Waals surface area contributed by atoms with E-state index in [4.69, 9.17) is 0 Å². The van der Waals surface area contributed by atoms with Crippen LogP contribution in [0.3, 0.4) is 0 Å². The second-order valence-corrected chi connectivity index (χ2v) is 3.72. The van der Waals surface area contributed by atoms with E-state index in [0.29, 0.717) is 11.8 Å². The Bertz CT molecular complexity index is 104. The SMILES string of the molecule is C[C@@H]1C[C@H](F)C2CC1C2. The van der Waals surface area contributed by atoms with E-state index in [1.165, 1.54) is 12.8 Å². The summed E-state index contributed by atoms with van der Waals surface area (Å²) < 4.78 is 12.9.